The number of hydrogen-bond donors (Lipinski definition) is 2. The van der Waals surface area contributed by atoms with Crippen LogP contribution >= 0.6 is 23.6 Å². The van der Waals surface area contributed by atoms with Crippen molar-refractivity contribution in [3.63, 3.8) is 0 Å². The molecular formula is C24H28N6OS2. The van der Waals surface area contributed by atoms with Gasteiger partial charge in [-0.25, -0.2) is 4.98 Å². The number of nitrogens with zero attached hydrogens (tertiary/aromatic N) is 4. The highest BCUT2D eigenvalue weighted by molar-refractivity contribution is 7.73. The van der Waals surface area contributed by atoms with Gasteiger partial charge in [-0.15, -0.1) is 11.3 Å². The molecule has 0 radical (unpaired) electrons. The van der Waals surface area contributed by atoms with Gasteiger partial charge in [0.05, 0.1) is 28.2 Å². The minimum Gasteiger partial charge on any atom is -0.389 e. The van der Waals surface area contributed by atoms with E-state index in [-0.39, 0.29) is 0 Å². The highest BCUT2D eigenvalue weighted by Crippen LogP contribution is 2.34. The summed E-state index contributed by atoms with van der Waals surface area (Å²) in [4.78, 5) is 6.75. The molecule has 172 valence electrons. The predicted octanol–water partition coefficient (Wildman–Crippen LogP) is 4.06. The summed E-state index contributed by atoms with van der Waals surface area (Å²) in [5, 5.41) is 18.9. The normalized spacial score (nSPS) is 17.0. The Morgan fingerprint density at radius 2 is 1.39 bits per heavy atom. The van der Waals surface area contributed by atoms with Crippen LogP contribution in [0.5, 0.6) is 0 Å². The standard InChI is InChI=1S/C14H18N4O.C10H10N2S2/c15-9-12-10-3-1-2-4-11(10)14(17-13(12)16)18-5-7-19-8-6-18;11-5-8-6-3-1-2-4-7(6)10(13)14-9(8)12/h1-8H2,(H2,16,17);1-4,12H2. The monoisotopic (exact) mass is 480 g/mol. The molecule has 0 aromatic carbocycles. The summed E-state index contributed by atoms with van der Waals surface area (Å²) in [5.74, 6) is 1.36. The van der Waals surface area contributed by atoms with Crippen molar-refractivity contribution in [1.82, 2.24) is 4.98 Å². The highest BCUT2D eigenvalue weighted by atomic mass is 32.1. The number of ether oxygens (including phenoxy) is 1. The first-order chi connectivity index (χ1) is 16.0. The molecule has 0 unspecified atom stereocenters. The molecule has 3 heterocycles. The molecule has 3 aliphatic rings. The van der Waals surface area contributed by atoms with Crippen molar-refractivity contribution in [1.29, 1.82) is 10.5 Å². The molecule has 2 aromatic heterocycles. The SMILES string of the molecule is N#Cc1c(N)nc(N2CCOCC2)c2c1CCCC2.N#Cc1c(N)sc(=S)c2c1CCCC2. The van der Waals surface area contributed by atoms with Crippen molar-refractivity contribution >= 4 is 40.2 Å². The number of morpholine rings is 1. The molecule has 0 saturated carbocycles. The first kappa shape index (κ1) is 23.4. The van der Waals surface area contributed by atoms with E-state index in [2.05, 4.69) is 22.0 Å². The topological polar surface area (TPSA) is 125 Å². The number of fused-ring (bicyclic) bond motifs is 2. The van der Waals surface area contributed by atoms with Gasteiger partial charge in [0.1, 0.15) is 28.8 Å². The smallest absolute Gasteiger partial charge is 0.144 e. The molecule has 7 nitrogen and oxygen atoms in total. The maximum Gasteiger partial charge on any atom is 0.144 e. The third-order valence-corrected chi connectivity index (χ3v) is 7.87. The van der Waals surface area contributed by atoms with Crippen LogP contribution in [0, 0.1) is 26.5 Å². The van der Waals surface area contributed by atoms with E-state index in [9.17, 15) is 5.26 Å². The van der Waals surface area contributed by atoms with Crippen LogP contribution in [0.4, 0.5) is 16.6 Å². The van der Waals surface area contributed by atoms with Crippen LogP contribution < -0.4 is 16.4 Å². The first-order valence-electron chi connectivity index (χ1n) is 11.4. The van der Waals surface area contributed by atoms with Crippen LogP contribution in [0.1, 0.15) is 59.1 Å². The fourth-order valence-corrected chi connectivity index (χ4v) is 6.19. The van der Waals surface area contributed by atoms with E-state index in [1.54, 1.807) is 0 Å². The summed E-state index contributed by atoms with van der Waals surface area (Å²) in [5.41, 5.74) is 17.7. The Morgan fingerprint density at radius 3 is 2.00 bits per heavy atom. The lowest BCUT2D eigenvalue weighted by atomic mass is 9.89. The van der Waals surface area contributed by atoms with Gasteiger partial charge in [-0.2, -0.15) is 10.5 Å². The molecule has 1 fully saturated rings. The lowest BCUT2D eigenvalue weighted by Crippen LogP contribution is -2.38. The third kappa shape index (κ3) is 4.81. The van der Waals surface area contributed by atoms with Crippen molar-refractivity contribution in [2.45, 2.75) is 51.4 Å². The number of nitrogens with two attached hydrogens (primary N) is 2. The van der Waals surface area contributed by atoms with E-state index >= 15 is 0 Å². The van der Waals surface area contributed by atoms with Gasteiger partial charge >= 0.3 is 0 Å². The number of nitrogen functional groups attached to an aromatic ring is 2. The van der Waals surface area contributed by atoms with Gasteiger partial charge in [0.15, 0.2) is 0 Å². The molecule has 1 saturated heterocycles. The fourth-order valence-electron chi connectivity index (χ4n) is 4.87. The minimum atomic E-state index is 0.379. The maximum absolute atomic E-state index is 9.27. The maximum atomic E-state index is 9.27. The molecule has 0 bridgehead atoms. The molecule has 9 heteroatoms. The summed E-state index contributed by atoms with van der Waals surface area (Å²) >= 11 is 6.63. The van der Waals surface area contributed by atoms with Crippen molar-refractivity contribution in [2.24, 2.45) is 0 Å². The molecule has 1 aliphatic heterocycles. The fraction of sp³-hybridized carbons (Fsp3) is 0.500. The number of nitriles is 2. The summed E-state index contributed by atoms with van der Waals surface area (Å²) in [6.07, 6.45) is 8.54. The van der Waals surface area contributed by atoms with E-state index in [1.807, 2.05) is 0 Å². The molecule has 0 atom stereocenters. The van der Waals surface area contributed by atoms with Crippen molar-refractivity contribution in [3.05, 3.63) is 37.2 Å². The first-order valence-corrected chi connectivity index (χ1v) is 12.7. The number of pyridine rings is 1. The number of aromatic nitrogens is 1. The molecular weight excluding hydrogens is 452 g/mol. The molecule has 33 heavy (non-hydrogen) atoms. The molecule has 2 aromatic rings. The molecule has 4 N–H and O–H groups in total. The summed E-state index contributed by atoms with van der Waals surface area (Å²) in [7, 11) is 0. The quantitative estimate of drug-likeness (QED) is 0.585. The second kappa shape index (κ2) is 10.5. The van der Waals surface area contributed by atoms with Crippen LogP contribution in [-0.4, -0.2) is 31.3 Å². The number of hydrogen-bond acceptors (Lipinski definition) is 9. The summed E-state index contributed by atoms with van der Waals surface area (Å²) in [6, 6.07) is 4.41. The van der Waals surface area contributed by atoms with Gasteiger partial charge in [-0.05, 0) is 73.6 Å². The highest BCUT2D eigenvalue weighted by Gasteiger charge is 2.25. The lowest BCUT2D eigenvalue weighted by Gasteiger charge is -2.32. The lowest BCUT2D eigenvalue weighted by molar-refractivity contribution is 0.122. The van der Waals surface area contributed by atoms with E-state index < -0.39 is 0 Å². The van der Waals surface area contributed by atoms with E-state index in [0.29, 0.717) is 21.9 Å². The molecule has 2 aliphatic carbocycles. The van der Waals surface area contributed by atoms with Crippen molar-refractivity contribution < 1.29 is 4.74 Å². The van der Waals surface area contributed by atoms with Crippen molar-refractivity contribution in [2.75, 3.05) is 42.7 Å². The van der Waals surface area contributed by atoms with Crippen LogP contribution in [0.2, 0.25) is 0 Å². The molecule has 0 spiro atoms. The van der Waals surface area contributed by atoms with E-state index in [1.165, 1.54) is 35.3 Å². The minimum absolute atomic E-state index is 0.379. The predicted molar refractivity (Wildman–Crippen MR) is 134 cm³/mol. The molecule has 5 rings (SSSR count). The molecule has 0 amide bonds. The Morgan fingerprint density at radius 1 is 0.848 bits per heavy atom. The van der Waals surface area contributed by atoms with Gasteiger partial charge in [-0.3, -0.25) is 0 Å². The summed E-state index contributed by atoms with van der Waals surface area (Å²) in [6.45, 7) is 3.17. The van der Waals surface area contributed by atoms with Crippen LogP contribution in [0.15, 0.2) is 0 Å². The second-order valence-electron chi connectivity index (χ2n) is 8.48. The van der Waals surface area contributed by atoms with E-state index in [4.69, 9.17) is 33.7 Å². The Labute approximate surface area is 203 Å². The Hall–Kier alpha value is -2.72. The Kier molecular flexibility index (Phi) is 7.44. The second-order valence-corrected chi connectivity index (χ2v) is 10.2. The van der Waals surface area contributed by atoms with E-state index in [0.717, 1.165) is 85.6 Å². The van der Waals surface area contributed by atoms with Gasteiger partial charge in [0.25, 0.3) is 0 Å². The number of anilines is 3. The van der Waals surface area contributed by atoms with Gasteiger partial charge in [0.2, 0.25) is 0 Å². The average Bonchev–Trinajstić information content (AvgIpc) is 2.85. The average molecular weight is 481 g/mol. The largest absolute Gasteiger partial charge is 0.389 e. The zero-order valence-corrected chi connectivity index (χ0v) is 20.3. The zero-order chi connectivity index (χ0) is 23.4. The number of rotatable bonds is 1. The summed E-state index contributed by atoms with van der Waals surface area (Å²) < 4.78 is 6.26. The van der Waals surface area contributed by atoms with Gasteiger partial charge in [0, 0.05) is 13.1 Å². The third-order valence-electron chi connectivity index (χ3n) is 6.52. The van der Waals surface area contributed by atoms with Gasteiger partial charge in [-0.1, -0.05) is 12.2 Å². The van der Waals surface area contributed by atoms with Crippen LogP contribution in [0.3, 0.4) is 0 Å². The zero-order valence-electron chi connectivity index (χ0n) is 18.7. The van der Waals surface area contributed by atoms with Crippen LogP contribution in [-0.2, 0) is 30.4 Å². The van der Waals surface area contributed by atoms with Gasteiger partial charge < -0.3 is 21.1 Å². The Bertz CT molecular complexity index is 1190. The Balaban J connectivity index is 0.000000165. The van der Waals surface area contributed by atoms with Crippen LogP contribution in [0.25, 0.3) is 0 Å². The van der Waals surface area contributed by atoms with Crippen molar-refractivity contribution in [3.8, 4) is 12.1 Å².